The first-order valence-electron chi connectivity index (χ1n) is 41.5. The van der Waals surface area contributed by atoms with Crippen molar-refractivity contribution in [2.75, 3.05) is 6.61 Å². The molecule has 5 aliphatic carbocycles. The van der Waals surface area contributed by atoms with Crippen molar-refractivity contribution >= 4 is 67.5 Å². The molecule has 608 valence electrons. The quantitative estimate of drug-likeness (QED) is 0.0446. The predicted octanol–water partition coefficient (Wildman–Crippen LogP) is 24.2. The molecule has 0 radical (unpaired) electrons. The third kappa shape index (κ3) is 18.1. The highest BCUT2D eigenvalue weighted by molar-refractivity contribution is 7.98. The van der Waals surface area contributed by atoms with Crippen LogP contribution < -0.4 is 18.9 Å². The molecular weight excluding hydrogens is 1550 g/mol. The van der Waals surface area contributed by atoms with Crippen LogP contribution in [0.5, 0.6) is 23.0 Å². The van der Waals surface area contributed by atoms with Gasteiger partial charge < -0.3 is 28.8 Å². The summed E-state index contributed by atoms with van der Waals surface area (Å²) in [6.07, 6.45) is 8.11. The average Bonchev–Trinajstić information content (AvgIpc) is 1.52. The summed E-state index contributed by atoms with van der Waals surface area (Å²) >= 11 is 0. The lowest BCUT2D eigenvalue weighted by Crippen LogP contribution is -2.56. The molecule has 5 saturated carbocycles. The molecule has 0 amide bonds. The summed E-state index contributed by atoms with van der Waals surface area (Å²) in [5.41, 5.74) is 3.44. The molecule has 12 aromatic carbocycles. The fraction of sp³-hybridized carbons (Fsp3) is 0.276. The Balaban J connectivity index is 0.000000132. The van der Waals surface area contributed by atoms with Crippen LogP contribution in [0, 0.1) is 84.0 Å². The highest BCUT2D eigenvalue weighted by Gasteiger charge is 2.79. The van der Waals surface area contributed by atoms with Crippen molar-refractivity contribution < 1.29 is 48.0 Å². The zero-order valence-corrected chi connectivity index (χ0v) is 73.5. The van der Waals surface area contributed by atoms with Gasteiger partial charge in [0.15, 0.2) is 58.7 Å². The molecule has 6 bridgehead atoms. The Kier molecular flexibility index (Phi) is 26.6. The van der Waals surface area contributed by atoms with Crippen LogP contribution in [0.2, 0.25) is 0 Å². The van der Waals surface area contributed by atoms with Gasteiger partial charge in [-0.15, -0.1) is 0 Å². The van der Waals surface area contributed by atoms with E-state index in [-0.39, 0.29) is 67.4 Å². The van der Waals surface area contributed by atoms with Crippen LogP contribution in [0.3, 0.4) is 0 Å². The third-order valence-corrected chi connectivity index (χ3v) is 32.8. The maximum Gasteiger partial charge on any atom is 0.359 e. The van der Waals surface area contributed by atoms with Crippen molar-refractivity contribution in [2.45, 2.75) is 211 Å². The van der Waals surface area contributed by atoms with Crippen molar-refractivity contribution in [3.8, 4) is 23.0 Å². The van der Waals surface area contributed by atoms with E-state index in [0.29, 0.717) is 30.9 Å². The van der Waals surface area contributed by atoms with Crippen LogP contribution >= 0.6 is 0 Å². The number of carbonyl (C=O) groups is 4. The summed E-state index contributed by atoms with van der Waals surface area (Å²) in [5, 5.41) is 11.2. The maximum atomic E-state index is 13.6. The van der Waals surface area contributed by atoms with E-state index >= 15 is 0 Å². The molecule has 6 aliphatic rings. The smallest absolute Gasteiger partial charge is 0.359 e. The Hall–Kier alpha value is -10.3. The summed E-state index contributed by atoms with van der Waals surface area (Å²) in [6.45, 7) is 24.0. The molecule has 14 heteroatoms. The normalized spacial score (nSPS) is 20.3. The van der Waals surface area contributed by atoms with E-state index in [1.165, 1.54) is 91.2 Å². The van der Waals surface area contributed by atoms with Gasteiger partial charge in [-0.05, 0) is 280 Å². The second kappa shape index (κ2) is 37.1. The molecular formula is C105H108O10S4+4. The van der Waals surface area contributed by atoms with Crippen molar-refractivity contribution in [3.05, 3.63) is 336 Å². The first-order chi connectivity index (χ1) is 57.4. The van der Waals surface area contributed by atoms with Crippen LogP contribution in [-0.2, 0) is 67.5 Å². The van der Waals surface area contributed by atoms with E-state index in [9.17, 15) is 24.3 Å². The monoisotopic (exact) mass is 1660 g/mol. The highest BCUT2D eigenvalue weighted by Crippen LogP contribution is 2.62. The minimum atomic E-state index is -1.69. The second-order valence-corrected chi connectivity index (χ2v) is 40.7. The van der Waals surface area contributed by atoms with Gasteiger partial charge in [-0.1, -0.05) is 153 Å². The van der Waals surface area contributed by atoms with Crippen LogP contribution in [0.25, 0.3) is 0 Å². The molecule has 0 aromatic heterocycles. The van der Waals surface area contributed by atoms with E-state index in [1.807, 2.05) is 102 Å². The Morgan fingerprint density at radius 1 is 0.353 bits per heavy atom. The Morgan fingerprint density at radius 3 is 0.824 bits per heavy atom. The molecule has 1 saturated heterocycles. The van der Waals surface area contributed by atoms with E-state index in [4.69, 9.17) is 23.7 Å². The van der Waals surface area contributed by atoms with E-state index in [2.05, 4.69) is 258 Å². The van der Waals surface area contributed by atoms with Gasteiger partial charge >= 0.3 is 23.9 Å². The number of hydrogen-bond acceptors (Lipinski definition) is 10. The standard InChI is InChI=1S/C31H33O2S.C29H29O5S.C23H23O2S.C22H23OS/c1-21-13-28(34(26-9-5-3-6-10-26)27-11-7-4-8-12-27)14-22(2)29(21)33-30(32)31-18-23-15-24(19-31)17-25(16-23)20-31;1-19-17-23(35(21-11-7-5-8-12-21)22-13-9-6-10-14-22)18-20(2)24(19)33-26(31)29-16-15-27(3,25(30)34-29)28(29,4)32;1-4-22(24)25-23-17(2)15-21(16-18(23)3)26(19-11-7-5-8-12-19)20-13-9-6-10-14-20;1-4-23-22-17(2)15-21(16-18(22)3)24(19-11-7-5-8-12-19)20-13-9-6-10-14-20/h3-14,23-25H,15-20H2,1-2H3;5-14,17-18,32H,15-16H2,1-4H3;5-16H,4H2,1-3H3;5-16H,4H2,1-3H3/q4*+1. The molecule has 0 spiro atoms. The lowest BCUT2D eigenvalue weighted by molar-refractivity contribution is -0.181. The SMILES string of the molecule is CCC(=O)Oc1c(C)cc([S+](c2ccccc2)c2ccccc2)cc1C.CCOc1c(C)cc([S+](c2ccccc2)c2ccccc2)cc1C.Cc1cc([S+](c2ccccc2)c2ccccc2)cc(C)c1OC(=O)C12CC3CC(CC(C3)C1)C2.Cc1cc([S+](c2ccccc2)c2ccccc2)cc(C)c1OC(=O)C12CCC(C)(C(=O)O1)C2(C)O. The number of fused-ring (bicyclic) bond motifs is 2. The van der Waals surface area contributed by atoms with Crippen molar-refractivity contribution in [2.24, 2.45) is 28.6 Å². The fourth-order valence-corrected chi connectivity index (χ4v) is 27.5. The van der Waals surface area contributed by atoms with Crippen LogP contribution in [-0.4, -0.2) is 46.8 Å². The molecule has 3 unspecified atom stereocenters. The Morgan fingerprint density at radius 2 is 0.597 bits per heavy atom. The molecule has 1 heterocycles. The van der Waals surface area contributed by atoms with Crippen LogP contribution in [0.4, 0.5) is 0 Å². The van der Waals surface area contributed by atoms with E-state index in [1.54, 1.807) is 6.92 Å². The summed E-state index contributed by atoms with van der Waals surface area (Å²) in [7, 11) is -0.841. The first-order valence-corrected chi connectivity index (χ1v) is 46.4. The summed E-state index contributed by atoms with van der Waals surface area (Å²) in [5.74, 6) is 3.69. The lowest BCUT2D eigenvalue weighted by Gasteiger charge is -2.55. The van der Waals surface area contributed by atoms with Gasteiger partial charge in [0.25, 0.3) is 0 Å². The molecule has 1 aliphatic heterocycles. The molecule has 3 atom stereocenters. The van der Waals surface area contributed by atoms with Gasteiger partial charge in [-0.25, -0.2) is 4.79 Å². The van der Waals surface area contributed by atoms with Crippen molar-refractivity contribution in [1.29, 1.82) is 0 Å². The topological polar surface area (TPSA) is 135 Å². The minimum absolute atomic E-state index is 0.0377. The van der Waals surface area contributed by atoms with Gasteiger partial charge in [0.2, 0.25) is 5.60 Å². The summed E-state index contributed by atoms with van der Waals surface area (Å²) in [6, 6.07) is 102. The van der Waals surface area contributed by atoms with Gasteiger partial charge in [0, 0.05) is 61.4 Å². The number of esters is 4. The second-order valence-electron chi connectivity index (χ2n) is 32.6. The van der Waals surface area contributed by atoms with Gasteiger partial charge in [-0.3, -0.25) is 14.4 Å². The molecule has 6 fully saturated rings. The molecule has 1 N–H and O–H groups in total. The Bertz CT molecular complexity index is 5270. The highest BCUT2D eigenvalue weighted by atomic mass is 32.2. The number of ether oxygens (including phenoxy) is 5. The van der Waals surface area contributed by atoms with E-state index in [0.717, 1.165) is 86.8 Å². The molecule has 119 heavy (non-hydrogen) atoms. The average molecular weight is 1660 g/mol. The third-order valence-electron chi connectivity index (χ3n) is 24.0. The maximum absolute atomic E-state index is 13.6. The largest absolute Gasteiger partial charge is 0.493 e. The summed E-state index contributed by atoms with van der Waals surface area (Å²) < 4.78 is 29.0. The number of benzene rings is 12. The number of aryl methyl sites for hydroxylation is 8. The predicted molar refractivity (Wildman–Crippen MR) is 480 cm³/mol. The molecule has 18 rings (SSSR count). The Labute approximate surface area is 714 Å². The summed E-state index contributed by atoms with van der Waals surface area (Å²) in [4.78, 5) is 66.4. The number of rotatable bonds is 20. The number of aliphatic hydroxyl groups is 1. The fourth-order valence-electron chi connectivity index (χ4n) is 18.4. The minimum Gasteiger partial charge on any atom is -0.493 e. The molecule has 10 nitrogen and oxygen atoms in total. The van der Waals surface area contributed by atoms with Gasteiger partial charge in [0.1, 0.15) is 28.6 Å². The van der Waals surface area contributed by atoms with Crippen LogP contribution in [0.15, 0.2) is 350 Å². The van der Waals surface area contributed by atoms with Gasteiger partial charge in [0.05, 0.1) is 61.0 Å². The first kappa shape index (κ1) is 85.1. The van der Waals surface area contributed by atoms with E-state index < -0.39 is 28.6 Å². The number of hydrogen-bond donors (Lipinski definition) is 1. The molecule has 12 aromatic rings. The lowest BCUT2D eigenvalue weighted by atomic mass is 9.49. The number of carbonyl (C=O) groups excluding carboxylic acids is 4. The van der Waals surface area contributed by atoms with Crippen molar-refractivity contribution in [3.63, 3.8) is 0 Å². The zero-order valence-electron chi connectivity index (χ0n) is 70.3. The zero-order chi connectivity index (χ0) is 83.8. The van der Waals surface area contributed by atoms with Crippen molar-refractivity contribution in [1.82, 2.24) is 0 Å². The van der Waals surface area contributed by atoms with Gasteiger partial charge in [-0.2, -0.15) is 0 Å². The van der Waals surface area contributed by atoms with Crippen LogP contribution in [0.1, 0.15) is 130 Å².